The SMILES string of the molecule is N#Cc1ccc(CCNC(=O)c2ccc3c(c2)NC(=O)c2ccccc2S3)cc1. The highest BCUT2D eigenvalue weighted by Gasteiger charge is 2.20. The van der Waals surface area contributed by atoms with E-state index < -0.39 is 0 Å². The van der Waals surface area contributed by atoms with E-state index in [0.29, 0.717) is 35.3 Å². The number of nitrogens with one attached hydrogen (secondary N) is 2. The maximum atomic E-state index is 12.5. The Morgan fingerprint density at radius 1 is 1.03 bits per heavy atom. The second-order valence-corrected chi connectivity index (χ2v) is 7.66. The fraction of sp³-hybridized carbons (Fsp3) is 0.0870. The minimum atomic E-state index is -0.192. The number of carbonyl (C=O) groups excluding carboxylic acids is 2. The molecule has 0 radical (unpaired) electrons. The van der Waals surface area contributed by atoms with Crippen LogP contribution in [-0.4, -0.2) is 18.4 Å². The van der Waals surface area contributed by atoms with Crippen molar-refractivity contribution in [1.29, 1.82) is 5.26 Å². The first-order valence-electron chi connectivity index (χ1n) is 9.13. The molecule has 0 spiro atoms. The number of amides is 2. The number of carbonyl (C=O) groups is 2. The number of nitrogens with zero attached hydrogens (tertiary/aromatic N) is 1. The van der Waals surface area contributed by atoms with Crippen LogP contribution in [0, 0.1) is 11.3 Å². The molecule has 1 aliphatic rings. The summed E-state index contributed by atoms with van der Waals surface area (Å²) in [6.07, 6.45) is 0.671. The number of nitriles is 1. The largest absolute Gasteiger partial charge is 0.352 e. The quantitative estimate of drug-likeness (QED) is 0.687. The number of rotatable bonds is 4. The highest BCUT2D eigenvalue weighted by atomic mass is 32.2. The van der Waals surface area contributed by atoms with Gasteiger partial charge in [-0.2, -0.15) is 5.26 Å². The van der Waals surface area contributed by atoms with Crippen LogP contribution >= 0.6 is 11.8 Å². The zero-order chi connectivity index (χ0) is 20.2. The van der Waals surface area contributed by atoms with Crippen LogP contribution in [-0.2, 0) is 6.42 Å². The Labute approximate surface area is 172 Å². The third kappa shape index (κ3) is 4.15. The predicted octanol–water partition coefficient (Wildman–Crippen LogP) is 4.25. The van der Waals surface area contributed by atoms with E-state index in [-0.39, 0.29) is 11.8 Å². The molecule has 0 saturated heterocycles. The molecule has 0 bridgehead atoms. The van der Waals surface area contributed by atoms with Gasteiger partial charge in [-0.3, -0.25) is 9.59 Å². The molecule has 0 fully saturated rings. The number of hydrogen-bond donors (Lipinski definition) is 2. The number of fused-ring (bicyclic) bond motifs is 2. The van der Waals surface area contributed by atoms with Crippen LogP contribution in [0.5, 0.6) is 0 Å². The van der Waals surface area contributed by atoms with Crippen molar-refractivity contribution in [3.8, 4) is 6.07 Å². The van der Waals surface area contributed by atoms with Crippen LogP contribution in [0.4, 0.5) is 5.69 Å². The third-order valence-electron chi connectivity index (χ3n) is 4.62. The maximum absolute atomic E-state index is 12.5. The fourth-order valence-electron chi connectivity index (χ4n) is 3.08. The lowest BCUT2D eigenvalue weighted by Crippen LogP contribution is -2.25. The van der Waals surface area contributed by atoms with E-state index in [9.17, 15) is 9.59 Å². The van der Waals surface area contributed by atoms with Crippen molar-refractivity contribution in [2.24, 2.45) is 0 Å². The first kappa shape index (κ1) is 18.8. The molecule has 4 rings (SSSR count). The molecule has 142 valence electrons. The molecule has 0 aromatic heterocycles. The predicted molar refractivity (Wildman–Crippen MR) is 112 cm³/mol. The van der Waals surface area contributed by atoms with Crippen molar-refractivity contribution in [2.45, 2.75) is 16.2 Å². The van der Waals surface area contributed by atoms with Crippen molar-refractivity contribution in [1.82, 2.24) is 5.32 Å². The van der Waals surface area contributed by atoms with Crippen molar-refractivity contribution >= 4 is 29.3 Å². The normalized spacial score (nSPS) is 12.0. The van der Waals surface area contributed by atoms with E-state index in [1.165, 1.54) is 11.8 Å². The van der Waals surface area contributed by atoms with Crippen molar-refractivity contribution in [3.63, 3.8) is 0 Å². The van der Waals surface area contributed by atoms with Gasteiger partial charge in [0.15, 0.2) is 0 Å². The molecule has 6 heteroatoms. The standard InChI is InChI=1S/C23H17N3O2S/c24-14-16-7-5-15(6-8-16)11-12-25-22(27)17-9-10-21-19(13-17)26-23(28)18-3-1-2-4-20(18)29-21/h1-10,13H,11-12H2,(H,25,27)(H,26,28). The number of hydrogen-bond acceptors (Lipinski definition) is 4. The molecule has 1 aliphatic heterocycles. The minimum absolute atomic E-state index is 0.176. The van der Waals surface area contributed by atoms with Gasteiger partial charge in [-0.25, -0.2) is 0 Å². The van der Waals surface area contributed by atoms with Gasteiger partial charge in [-0.1, -0.05) is 36.0 Å². The molecule has 29 heavy (non-hydrogen) atoms. The van der Waals surface area contributed by atoms with Gasteiger partial charge in [-0.15, -0.1) is 0 Å². The average Bonchev–Trinajstić information content (AvgIpc) is 2.89. The van der Waals surface area contributed by atoms with Crippen LogP contribution in [0.25, 0.3) is 0 Å². The van der Waals surface area contributed by atoms with Gasteiger partial charge in [0.05, 0.1) is 22.9 Å². The molecule has 3 aromatic rings. The molecular formula is C23H17N3O2S. The summed E-state index contributed by atoms with van der Waals surface area (Å²) in [4.78, 5) is 26.8. The molecule has 3 aromatic carbocycles. The highest BCUT2D eigenvalue weighted by molar-refractivity contribution is 7.99. The maximum Gasteiger partial charge on any atom is 0.256 e. The summed E-state index contributed by atoms with van der Waals surface area (Å²) in [6.45, 7) is 0.481. The van der Waals surface area contributed by atoms with Crippen molar-refractivity contribution < 1.29 is 9.59 Å². The third-order valence-corrected chi connectivity index (χ3v) is 5.78. The summed E-state index contributed by atoms with van der Waals surface area (Å²) in [6, 6.07) is 22.2. The van der Waals surface area contributed by atoms with E-state index >= 15 is 0 Å². The Kier molecular flexibility index (Phi) is 5.32. The van der Waals surface area contributed by atoms with Crippen LogP contribution in [0.1, 0.15) is 31.8 Å². The smallest absolute Gasteiger partial charge is 0.256 e. The molecule has 2 N–H and O–H groups in total. The molecule has 0 saturated carbocycles. The van der Waals surface area contributed by atoms with Crippen molar-refractivity contribution in [3.05, 3.63) is 89.0 Å². The van der Waals surface area contributed by atoms with Crippen molar-refractivity contribution in [2.75, 3.05) is 11.9 Å². The Bertz CT molecular complexity index is 1130. The van der Waals surface area contributed by atoms with E-state index in [2.05, 4.69) is 16.7 Å². The van der Waals surface area contributed by atoms with Gasteiger partial charge in [-0.05, 0) is 54.4 Å². The number of benzene rings is 3. The van der Waals surface area contributed by atoms with Crippen LogP contribution < -0.4 is 10.6 Å². The van der Waals surface area contributed by atoms with E-state index in [1.807, 2.05) is 36.4 Å². The molecular weight excluding hydrogens is 382 g/mol. The average molecular weight is 399 g/mol. The Hall–Kier alpha value is -3.56. The highest BCUT2D eigenvalue weighted by Crippen LogP contribution is 2.38. The molecule has 0 atom stereocenters. The van der Waals surface area contributed by atoms with Gasteiger partial charge in [0.25, 0.3) is 11.8 Å². The van der Waals surface area contributed by atoms with Gasteiger partial charge in [0.1, 0.15) is 0 Å². The summed E-state index contributed by atoms with van der Waals surface area (Å²) in [5, 5.41) is 14.6. The molecule has 0 aliphatic carbocycles. The lowest BCUT2D eigenvalue weighted by atomic mass is 10.1. The Morgan fingerprint density at radius 3 is 2.62 bits per heavy atom. The second kappa shape index (κ2) is 8.21. The topological polar surface area (TPSA) is 82.0 Å². The fourth-order valence-corrected chi connectivity index (χ4v) is 4.09. The summed E-state index contributed by atoms with van der Waals surface area (Å²) < 4.78 is 0. The Morgan fingerprint density at radius 2 is 1.83 bits per heavy atom. The lowest BCUT2D eigenvalue weighted by Gasteiger charge is -2.10. The minimum Gasteiger partial charge on any atom is -0.352 e. The monoisotopic (exact) mass is 399 g/mol. The summed E-state index contributed by atoms with van der Waals surface area (Å²) >= 11 is 1.51. The zero-order valence-electron chi connectivity index (χ0n) is 15.4. The first-order valence-corrected chi connectivity index (χ1v) is 9.95. The van der Waals surface area contributed by atoms with Crippen LogP contribution in [0.3, 0.4) is 0 Å². The van der Waals surface area contributed by atoms with E-state index in [4.69, 9.17) is 5.26 Å². The number of anilines is 1. The van der Waals surface area contributed by atoms with Gasteiger partial charge in [0.2, 0.25) is 0 Å². The summed E-state index contributed by atoms with van der Waals surface area (Å²) in [5.74, 6) is -0.368. The zero-order valence-corrected chi connectivity index (χ0v) is 16.3. The molecule has 1 heterocycles. The van der Waals surface area contributed by atoms with Gasteiger partial charge in [0, 0.05) is 21.9 Å². The van der Waals surface area contributed by atoms with Gasteiger partial charge < -0.3 is 10.6 Å². The second-order valence-electron chi connectivity index (χ2n) is 6.58. The van der Waals surface area contributed by atoms with Crippen LogP contribution in [0.2, 0.25) is 0 Å². The van der Waals surface area contributed by atoms with E-state index in [0.717, 1.165) is 15.4 Å². The lowest BCUT2D eigenvalue weighted by molar-refractivity contribution is 0.0952. The molecule has 0 unspecified atom stereocenters. The van der Waals surface area contributed by atoms with Gasteiger partial charge >= 0.3 is 0 Å². The summed E-state index contributed by atoms with van der Waals surface area (Å²) in [7, 11) is 0. The van der Waals surface area contributed by atoms with E-state index in [1.54, 1.807) is 30.3 Å². The summed E-state index contributed by atoms with van der Waals surface area (Å²) in [5.41, 5.74) is 3.42. The molecule has 2 amide bonds. The Balaban J connectivity index is 1.43. The molecule has 5 nitrogen and oxygen atoms in total. The first-order chi connectivity index (χ1) is 14.1. The van der Waals surface area contributed by atoms with Crippen LogP contribution in [0.15, 0.2) is 76.5 Å².